The van der Waals surface area contributed by atoms with E-state index in [0.717, 1.165) is 0 Å². The minimum Gasteiger partial charge on any atom is -0.360 e. The van der Waals surface area contributed by atoms with Crippen molar-refractivity contribution in [2.75, 3.05) is 0 Å². The molecule has 0 saturated carbocycles. The molecule has 6 heteroatoms. The average Bonchev–Trinajstić information content (AvgIpc) is 2.45. The minimum absolute atomic E-state index is 0.0185. The van der Waals surface area contributed by atoms with Crippen LogP contribution in [0.5, 0.6) is 0 Å². The highest BCUT2D eigenvalue weighted by Gasteiger charge is 2.21. The quantitative estimate of drug-likeness (QED) is 0.653. The smallest absolute Gasteiger partial charge is 0.358 e. The van der Waals surface area contributed by atoms with E-state index in [2.05, 4.69) is 4.98 Å². The zero-order valence-electron chi connectivity index (χ0n) is 6.94. The van der Waals surface area contributed by atoms with Gasteiger partial charge >= 0.3 is 7.60 Å². The highest BCUT2D eigenvalue weighted by atomic mass is 35.5. The zero-order chi connectivity index (χ0) is 10.3. The molecule has 14 heavy (non-hydrogen) atoms. The summed E-state index contributed by atoms with van der Waals surface area (Å²) in [5, 5.41) is 0.896. The number of hydrogen-bond acceptors (Lipinski definition) is 1. The molecule has 0 bridgehead atoms. The van der Waals surface area contributed by atoms with Crippen LogP contribution in [0.4, 0.5) is 0 Å². The van der Waals surface area contributed by atoms with E-state index in [4.69, 9.17) is 21.4 Å². The van der Waals surface area contributed by atoms with Crippen LogP contribution < -0.4 is 5.30 Å². The van der Waals surface area contributed by atoms with Crippen LogP contribution in [0.3, 0.4) is 0 Å². The molecule has 74 valence electrons. The lowest BCUT2D eigenvalue weighted by molar-refractivity contribution is 0.388. The Bertz CT molecular complexity index is 530. The molecule has 0 unspecified atom stereocenters. The van der Waals surface area contributed by atoms with Crippen LogP contribution in [-0.2, 0) is 4.57 Å². The first kappa shape index (κ1) is 9.74. The molecule has 3 N–H and O–H groups in total. The van der Waals surface area contributed by atoms with Gasteiger partial charge in [-0.25, -0.2) is 0 Å². The van der Waals surface area contributed by atoms with Crippen molar-refractivity contribution >= 4 is 35.4 Å². The van der Waals surface area contributed by atoms with Crippen molar-refractivity contribution in [3.8, 4) is 0 Å². The third-order valence-corrected chi connectivity index (χ3v) is 3.17. The molecule has 0 aliphatic carbocycles. The number of aromatic amines is 1. The molecule has 1 aromatic heterocycles. The minimum atomic E-state index is -4.23. The van der Waals surface area contributed by atoms with Crippen LogP contribution in [0, 0.1) is 0 Å². The van der Waals surface area contributed by atoms with E-state index in [1.54, 1.807) is 12.1 Å². The highest BCUT2D eigenvalue weighted by molar-refractivity contribution is 7.60. The molecule has 0 aliphatic heterocycles. The number of H-pyrrole nitrogens is 1. The van der Waals surface area contributed by atoms with E-state index >= 15 is 0 Å². The van der Waals surface area contributed by atoms with Gasteiger partial charge in [-0.3, -0.25) is 4.57 Å². The lowest BCUT2D eigenvalue weighted by Gasteiger charge is -2.00. The average molecular weight is 232 g/mol. The highest BCUT2D eigenvalue weighted by Crippen LogP contribution is 2.36. The van der Waals surface area contributed by atoms with Gasteiger partial charge in [0.2, 0.25) is 0 Å². The van der Waals surface area contributed by atoms with E-state index in [1.165, 1.54) is 12.3 Å². The van der Waals surface area contributed by atoms with Gasteiger partial charge in [0.15, 0.2) is 0 Å². The van der Waals surface area contributed by atoms with Crippen LogP contribution >= 0.6 is 19.2 Å². The Morgan fingerprint density at radius 3 is 2.71 bits per heavy atom. The molecule has 0 fully saturated rings. The number of fused-ring (bicyclic) bond motifs is 1. The largest absolute Gasteiger partial charge is 0.360 e. The van der Waals surface area contributed by atoms with Gasteiger partial charge in [-0.1, -0.05) is 11.6 Å². The molecular formula is C8H7ClNO3P. The molecular weight excluding hydrogens is 225 g/mol. The van der Waals surface area contributed by atoms with Crippen LogP contribution in [0.1, 0.15) is 0 Å². The molecule has 0 radical (unpaired) electrons. The van der Waals surface area contributed by atoms with E-state index in [-0.39, 0.29) is 5.30 Å². The fourth-order valence-corrected chi connectivity index (χ4v) is 2.22. The van der Waals surface area contributed by atoms with Crippen LogP contribution in [-0.4, -0.2) is 14.8 Å². The fourth-order valence-electron chi connectivity index (χ4n) is 1.32. The molecule has 0 saturated heterocycles. The maximum Gasteiger partial charge on any atom is 0.358 e. The summed E-state index contributed by atoms with van der Waals surface area (Å²) in [6.07, 6.45) is 1.31. The number of benzene rings is 1. The van der Waals surface area contributed by atoms with E-state index in [0.29, 0.717) is 15.9 Å². The molecule has 2 aromatic rings. The normalized spacial score (nSPS) is 12.2. The van der Waals surface area contributed by atoms with Gasteiger partial charge in [0.1, 0.15) is 0 Å². The molecule has 0 amide bonds. The molecule has 1 heterocycles. The summed E-state index contributed by atoms with van der Waals surface area (Å²) in [7, 11) is -4.23. The van der Waals surface area contributed by atoms with Gasteiger partial charge in [-0.05, 0) is 18.2 Å². The summed E-state index contributed by atoms with van der Waals surface area (Å²) in [5.41, 5.74) is 0.660. The van der Waals surface area contributed by atoms with Gasteiger partial charge < -0.3 is 14.8 Å². The predicted octanol–water partition coefficient (Wildman–Crippen LogP) is 1.62. The van der Waals surface area contributed by atoms with Gasteiger partial charge in [0, 0.05) is 22.1 Å². The molecule has 0 aliphatic rings. The second-order valence-electron chi connectivity index (χ2n) is 2.91. The molecule has 1 aromatic carbocycles. The van der Waals surface area contributed by atoms with Crippen molar-refractivity contribution in [2.45, 2.75) is 0 Å². The van der Waals surface area contributed by atoms with Crippen molar-refractivity contribution < 1.29 is 14.4 Å². The van der Waals surface area contributed by atoms with Crippen molar-refractivity contribution in [3.05, 3.63) is 29.4 Å². The zero-order valence-corrected chi connectivity index (χ0v) is 8.59. The standard InChI is InChI=1S/C8H7ClNO3P/c9-5-1-2-7-6(3-5)8(4-10-7)14(11,12)13/h1-4,10H,(H2,11,12,13). The van der Waals surface area contributed by atoms with Crippen LogP contribution in [0.15, 0.2) is 24.4 Å². The summed E-state index contributed by atoms with van der Waals surface area (Å²) in [5.74, 6) is 0. The van der Waals surface area contributed by atoms with Gasteiger partial charge in [0.05, 0.1) is 5.30 Å². The lowest BCUT2D eigenvalue weighted by Crippen LogP contribution is -2.00. The fraction of sp³-hybridized carbons (Fsp3) is 0. The Hall–Kier alpha value is -0.800. The second kappa shape index (κ2) is 3.11. The van der Waals surface area contributed by atoms with Crippen molar-refractivity contribution in [2.24, 2.45) is 0 Å². The molecule has 0 spiro atoms. The topological polar surface area (TPSA) is 73.3 Å². The maximum atomic E-state index is 11.1. The first-order valence-corrected chi connectivity index (χ1v) is 5.80. The first-order valence-electron chi connectivity index (χ1n) is 3.81. The molecule has 4 nitrogen and oxygen atoms in total. The lowest BCUT2D eigenvalue weighted by atomic mass is 10.2. The molecule has 2 rings (SSSR count). The summed E-state index contributed by atoms with van der Waals surface area (Å²) >= 11 is 5.73. The number of hydrogen-bond donors (Lipinski definition) is 3. The van der Waals surface area contributed by atoms with E-state index < -0.39 is 7.60 Å². The Kier molecular flexibility index (Phi) is 2.16. The Labute approximate surface area is 84.7 Å². The van der Waals surface area contributed by atoms with Gasteiger partial charge in [0.25, 0.3) is 0 Å². The Morgan fingerprint density at radius 1 is 1.36 bits per heavy atom. The summed E-state index contributed by atoms with van der Waals surface area (Å²) in [6.45, 7) is 0. The van der Waals surface area contributed by atoms with Crippen molar-refractivity contribution in [1.82, 2.24) is 4.98 Å². The number of halogens is 1. The number of aromatic nitrogens is 1. The van der Waals surface area contributed by atoms with Crippen molar-refractivity contribution in [3.63, 3.8) is 0 Å². The summed E-state index contributed by atoms with van der Waals surface area (Å²) in [4.78, 5) is 20.8. The van der Waals surface area contributed by atoms with E-state index in [1.807, 2.05) is 0 Å². The van der Waals surface area contributed by atoms with Crippen LogP contribution in [0.25, 0.3) is 10.9 Å². The number of rotatable bonds is 1. The summed E-state index contributed by atoms with van der Waals surface area (Å²) < 4.78 is 11.1. The summed E-state index contributed by atoms with van der Waals surface area (Å²) in [6, 6.07) is 4.86. The monoisotopic (exact) mass is 231 g/mol. The first-order chi connectivity index (χ1) is 6.48. The number of nitrogens with one attached hydrogen (secondary N) is 1. The predicted molar refractivity (Wildman–Crippen MR) is 55.0 cm³/mol. The Balaban J connectivity index is 2.80. The van der Waals surface area contributed by atoms with Crippen LogP contribution in [0.2, 0.25) is 5.02 Å². The van der Waals surface area contributed by atoms with E-state index in [9.17, 15) is 4.57 Å². The second-order valence-corrected chi connectivity index (χ2v) is 4.91. The van der Waals surface area contributed by atoms with Crippen molar-refractivity contribution in [1.29, 1.82) is 0 Å². The Morgan fingerprint density at radius 2 is 2.07 bits per heavy atom. The molecule has 0 atom stereocenters. The van der Waals surface area contributed by atoms with Gasteiger partial charge in [-0.2, -0.15) is 0 Å². The third-order valence-electron chi connectivity index (χ3n) is 1.94. The third kappa shape index (κ3) is 1.57. The maximum absolute atomic E-state index is 11.1. The van der Waals surface area contributed by atoms with Gasteiger partial charge in [-0.15, -0.1) is 0 Å². The SMILES string of the molecule is O=P(O)(O)c1c[nH]c2ccc(Cl)cc12.